The Hall–Kier alpha value is -1.26. The van der Waals surface area contributed by atoms with Gasteiger partial charge < -0.3 is 9.84 Å². The van der Waals surface area contributed by atoms with E-state index in [1.165, 1.54) is 6.42 Å². The van der Waals surface area contributed by atoms with E-state index in [1.54, 1.807) is 7.11 Å². The minimum Gasteiger partial charge on any atom is -0.504 e. The van der Waals surface area contributed by atoms with Crippen molar-refractivity contribution in [2.75, 3.05) is 33.3 Å². The molecule has 0 aromatic heterocycles. The maximum atomic E-state index is 10.5. The molecule has 0 amide bonds. The van der Waals surface area contributed by atoms with E-state index in [1.807, 2.05) is 18.2 Å². The predicted octanol–water partition coefficient (Wildman–Crippen LogP) is 2.45. The van der Waals surface area contributed by atoms with Crippen LogP contribution in [0.4, 0.5) is 0 Å². The fourth-order valence-electron chi connectivity index (χ4n) is 5.31. The number of piperidine rings is 2. The second-order valence-corrected chi connectivity index (χ2v) is 7.88. The fraction of sp³-hybridized carbons (Fsp3) is 0.647. The summed E-state index contributed by atoms with van der Waals surface area (Å²) in [4.78, 5) is 5.09. The topological polar surface area (TPSA) is 35.9 Å². The molecule has 21 heavy (non-hydrogen) atoms. The maximum Gasteiger partial charge on any atom is 0.163 e. The fourth-order valence-corrected chi connectivity index (χ4v) is 5.31. The van der Waals surface area contributed by atoms with E-state index in [-0.39, 0.29) is 6.17 Å². The second kappa shape index (κ2) is 4.14. The van der Waals surface area contributed by atoms with E-state index in [0.717, 1.165) is 31.7 Å². The van der Waals surface area contributed by atoms with Crippen LogP contribution in [0.15, 0.2) is 18.2 Å². The highest BCUT2D eigenvalue weighted by Crippen LogP contribution is 2.55. The largest absolute Gasteiger partial charge is 0.504 e. The first-order valence-electron chi connectivity index (χ1n) is 7.77. The zero-order valence-corrected chi connectivity index (χ0v) is 13.1. The number of phenols is 1. The summed E-state index contributed by atoms with van der Waals surface area (Å²) in [5.74, 6) is 0.869. The highest BCUT2D eigenvalue weighted by Gasteiger charge is 2.56. The van der Waals surface area contributed by atoms with Gasteiger partial charge in [0.15, 0.2) is 11.5 Å². The van der Waals surface area contributed by atoms with Crippen LogP contribution in [0.5, 0.6) is 11.5 Å². The molecule has 4 saturated heterocycles. The molecule has 4 nitrogen and oxygen atoms in total. The van der Waals surface area contributed by atoms with Crippen molar-refractivity contribution in [1.29, 1.82) is 0 Å². The molecule has 4 bridgehead atoms. The molecule has 0 spiro atoms. The van der Waals surface area contributed by atoms with Gasteiger partial charge in [-0.15, -0.1) is 0 Å². The molecule has 4 heteroatoms. The van der Waals surface area contributed by atoms with Gasteiger partial charge in [0.2, 0.25) is 0 Å². The van der Waals surface area contributed by atoms with Crippen LogP contribution in [0.25, 0.3) is 0 Å². The van der Waals surface area contributed by atoms with Crippen molar-refractivity contribution in [1.82, 2.24) is 9.80 Å². The number of rotatable bonds is 2. The van der Waals surface area contributed by atoms with Gasteiger partial charge in [0.25, 0.3) is 0 Å². The van der Waals surface area contributed by atoms with Crippen molar-refractivity contribution in [2.45, 2.75) is 26.4 Å². The molecule has 1 aromatic carbocycles. The van der Waals surface area contributed by atoms with Gasteiger partial charge >= 0.3 is 0 Å². The molecule has 4 aliphatic heterocycles. The molecule has 1 N–H and O–H groups in total. The molecule has 0 atom stereocenters. The van der Waals surface area contributed by atoms with Gasteiger partial charge in [0.05, 0.1) is 13.3 Å². The Morgan fingerprint density at radius 3 is 2.19 bits per heavy atom. The Kier molecular flexibility index (Phi) is 2.64. The molecular formula is C17H24N2O2. The Labute approximate surface area is 126 Å². The number of benzene rings is 1. The lowest BCUT2D eigenvalue weighted by atomic mass is 9.63. The second-order valence-electron chi connectivity index (χ2n) is 7.88. The molecule has 5 rings (SSSR count). The van der Waals surface area contributed by atoms with E-state index >= 15 is 0 Å². The summed E-state index contributed by atoms with van der Waals surface area (Å²) in [5.41, 5.74) is 1.78. The Balaban J connectivity index is 1.75. The van der Waals surface area contributed by atoms with Gasteiger partial charge in [-0.1, -0.05) is 26.0 Å². The Morgan fingerprint density at radius 1 is 1.10 bits per heavy atom. The summed E-state index contributed by atoms with van der Waals surface area (Å²) in [6.45, 7) is 9.32. The van der Waals surface area contributed by atoms with Crippen molar-refractivity contribution >= 4 is 0 Å². The van der Waals surface area contributed by atoms with Crippen molar-refractivity contribution in [3.05, 3.63) is 23.8 Å². The third-order valence-corrected chi connectivity index (χ3v) is 5.41. The quantitative estimate of drug-likeness (QED) is 0.907. The maximum absolute atomic E-state index is 10.5. The minimum absolute atomic E-state index is 0.196. The van der Waals surface area contributed by atoms with Crippen LogP contribution >= 0.6 is 0 Å². The van der Waals surface area contributed by atoms with Crippen LogP contribution in [0.3, 0.4) is 0 Å². The van der Waals surface area contributed by atoms with Gasteiger partial charge in [0, 0.05) is 31.7 Å². The first-order chi connectivity index (χ1) is 9.93. The molecule has 1 aromatic rings. The standard InChI is InChI=1S/C17H24N2O2/c1-16-7-17(2)10-18(8-16)15(19(9-16)11-17)12-5-4-6-13(21-3)14(12)20/h4-6,15,20H,7-11H2,1-3H3. The summed E-state index contributed by atoms with van der Waals surface area (Å²) in [6, 6.07) is 5.84. The number of para-hydroxylation sites is 1. The van der Waals surface area contributed by atoms with E-state index in [4.69, 9.17) is 4.74 Å². The number of hydrogen-bond acceptors (Lipinski definition) is 4. The molecule has 4 fully saturated rings. The Bertz CT molecular complexity index is 550. The average molecular weight is 288 g/mol. The minimum atomic E-state index is 0.196. The first-order valence-corrected chi connectivity index (χ1v) is 7.77. The lowest BCUT2D eigenvalue weighted by Gasteiger charge is -2.66. The average Bonchev–Trinajstić information content (AvgIpc) is 2.37. The van der Waals surface area contributed by atoms with E-state index in [2.05, 4.69) is 23.6 Å². The van der Waals surface area contributed by atoms with Crippen LogP contribution < -0.4 is 4.74 Å². The molecule has 4 heterocycles. The van der Waals surface area contributed by atoms with Crippen LogP contribution in [0.2, 0.25) is 0 Å². The molecule has 114 valence electrons. The van der Waals surface area contributed by atoms with Crippen LogP contribution in [-0.4, -0.2) is 48.2 Å². The van der Waals surface area contributed by atoms with Gasteiger partial charge in [0.1, 0.15) is 0 Å². The highest BCUT2D eigenvalue weighted by molar-refractivity contribution is 5.47. The van der Waals surface area contributed by atoms with E-state index < -0.39 is 0 Å². The number of aromatic hydroxyl groups is 1. The van der Waals surface area contributed by atoms with E-state index in [0.29, 0.717) is 22.3 Å². The zero-order chi connectivity index (χ0) is 14.8. The third-order valence-electron chi connectivity index (χ3n) is 5.41. The third kappa shape index (κ3) is 1.89. The van der Waals surface area contributed by atoms with Crippen LogP contribution in [0.1, 0.15) is 32.0 Å². The van der Waals surface area contributed by atoms with Crippen molar-refractivity contribution < 1.29 is 9.84 Å². The van der Waals surface area contributed by atoms with Crippen molar-refractivity contribution in [3.8, 4) is 11.5 Å². The first kappa shape index (κ1) is 13.4. The number of ether oxygens (including phenoxy) is 1. The van der Waals surface area contributed by atoms with Gasteiger partial charge in [-0.05, 0) is 23.3 Å². The molecule has 0 unspecified atom stereocenters. The van der Waals surface area contributed by atoms with Crippen LogP contribution in [0, 0.1) is 10.8 Å². The molecular weight excluding hydrogens is 264 g/mol. The normalized spacial score (nSPS) is 44.0. The van der Waals surface area contributed by atoms with Gasteiger partial charge in [-0.2, -0.15) is 0 Å². The van der Waals surface area contributed by atoms with Crippen LogP contribution in [-0.2, 0) is 0 Å². The predicted molar refractivity (Wildman–Crippen MR) is 81.4 cm³/mol. The molecule has 0 radical (unpaired) electrons. The molecule has 0 saturated carbocycles. The number of hydrogen-bond donors (Lipinski definition) is 1. The Morgan fingerprint density at radius 2 is 1.67 bits per heavy atom. The van der Waals surface area contributed by atoms with Gasteiger partial charge in [-0.3, -0.25) is 9.80 Å². The summed E-state index contributed by atoms with van der Waals surface area (Å²) in [7, 11) is 1.61. The highest BCUT2D eigenvalue weighted by atomic mass is 16.5. The summed E-state index contributed by atoms with van der Waals surface area (Å²) >= 11 is 0. The van der Waals surface area contributed by atoms with Crippen molar-refractivity contribution in [3.63, 3.8) is 0 Å². The lowest BCUT2D eigenvalue weighted by Crippen LogP contribution is -2.70. The van der Waals surface area contributed by atoms with E-state index in [9.17, 15) is 5.11 Å². The number of methoxy groups -OCH3 is 1. The summed E-state index contributed by atoms with van der Waals surface area (Å²) in [6.07, 6.45) is 1.52. The monoisotopic (exact) mass is 288 g/mol. The lowest BCUT2D eigenvalue weighted by molar-refractivity contribution is -0.194. The molecule has 0 aliphatic carbocycles. The summed E-state index contributed by atoms with van der Waals surface area (Å²) in [5, 5.41) is 10.5. The van der Waals surface area contributed by atoms with Crippen molar-refractivity contribution in [2.24, 2.45) is 10.8 Å². The summed E-state index contributed by atoms with van der Waals surface area (Å²) < 4.78 is 5.28. The SMILES string of the molecule is COc1cccc(C2N3CC4(C)CN2CC(C)(C3)C4)c1O. The van der Waals surface area contributed by atoms with Gasteiger partial charge in [-0.25, -0.2) is 0 Å². The zero-order valence-electron chi connectivity index (χ0n) is 13.1. The number of phenolic OH excluding ortho intramolecular Hbond substituents is 1. The number of nitrogens with zero attached hydrogens (tertiary/aromatic N) is 2. The molecule has 4 aliphatic rings. The smallest absolute Gasteiger partial charge is 0.163 e.